The van der Waals surface area contributed by atoms with Crippen LogP contribution in [0, 0.1) is 17.8 Å². The van der Waals surface area contributed by atoms with E-state index in [4.69, 9.17) is 4.74 Å². The molecule has 0 bridgehead atoms. The first kappa shape index (κ1) is 15.0. The van der Waals surface area contributed by atoms with Crippen LogP contribution in [0.25, 0.3) is 0 Å². The van der Waals surface area contributed by atoms with E-state index < -0.39 is 24.0 Å². The van der Waals surface area contributed by atoms with Crippen LogP contribution in [-0.4, -0.2) is 37.4 Å². The van der Waals surface area contributed by atoms with E-state index in [2.05, 4.69) is 4.74 Å². The van der Waals surface area contributed by atoms with Crippen molar-refractivity contribution in [2.75, 3.05) is 14.2 Å². The average molecular weight is 258 g/mol. The Morgan fingerprint density at radius 2 is 1.67 bits per heavy atom. The zero-order chi connectivity index (χ0) is 13.7. The van der Waals surface area contributed by atoms with Crippen LogP contribution in [0.2, 0.25) is 0 Å². The quantitative estimate of drug-likeness (QED) is 0.765. The standard InChI is InChI=1S/C13H22O5/c1-8-6-4-5-7-9(8)10(12(15)17-2)11(14)13(16)18-3/h8-11,14H,4-7H2,1-3H3. The second-order valence-corrected chi connectivity index (χ2v) is 4.94. The minimum absolute atomic E-state index is 0.0275. The van der Waals surface area contributed by atoms with E-state index in [1.165, 1.54) is 14.2 Å². The van der Waals surface area contributed by atoms with E-state index in [9.17, 15) is 14.7 Å². The Kier molecular flexibility index (Phi) is 5.59. The molecule has 1 fully saturated rings. The summed E-state index contributed by atoms with van der Waals surface area (Å²) in [7, 11) is 2.47. The summed E-state index contributed by atoms with van der Waals surface area (Å²) in [6.07, 6.45) is 2.53. The highest BCUT2D eigenvalue weighted by atomic mass is 16.5. The third kappa shape index (κ3) is 3.22. The van der Waals surface area contributed by atoms with Gasteiger partial charge in [0.25, 0.3) is 0 Å². The number of carbonyl (C=O) groups excluding carboxylic acids is 2. The van der Waals surface area contributed by atoms with Crippen LogP contribution in [0.15, 0.2) is 0 Å². The molecule has 0 aliphatic heterocycles. The number of rotatable bonds is 4. The SMILES string of the molecule is COC(=O)C(O)C(C(=O)OC)C1CCCCC1C. The summed E-state index contributed by atoms with van der Waals surface area (Å²) in [5, 5.41) is 9.97. The highest BCUT2D eigenvalue weighted by Gasteiger charge is 2.42. The van der Waals surface area contributed by atoms with Gasteiger partial charge in [0.1, 0.15) is 0 Å². The minimum Gasteiger partial charge on any atom is -0.469 e. The van der Waals surface area contributed by atoms with Crippen molar-refractivity contribution in [2.45, 2.75) is 38.7 Å². The third-order valence-electron chi connectivity index (χ3n) is 3.90. The van der Waals surface area contributed by atoms with Gasteiger partial charge in [0.2, 0.25) is 0 Å². The summed E-state index contributed by atoms with van der Waals surface area (Å²) in [6, 6.07) is 0. The van der Waals surface area contributed by atoms with Gasteiger partial charge >= 0.3 is 11.9 Å². The zero-order valence-corrected chi connectivity index (χ0v) is 11.2. The van der Waals surface area contributed by atoms with Crippen molar-refractivity contribution in [3.8, 4) is 0 Å². The number of hydrogen-bond acceptors (Lipinski definition) is 5. The van der Waals surface area contributed by atoms with E-state index >= 15 is 0 Å². The molecule has 4 unspecified atom stereocenters. The molecule has 0 aromatic rings. The Morgan fingerprint density at radius 1 is 1.11 bits per heavy atom. The highest BCUT2D eigenvalue weighted by Crippen LogP contribution is 2.37. The minimum atomic E-state index is -1.44. The Morgan fingerprint density at radius 3 is 2.17 bits per heavy atom. The fourth-order valence-corrected chi connectivity index (χ4v) is 2.82. The molecule has 4 atom stereocenters. The average Bonchev–Trinajstić information content (AvgIpc) is 2.39. The maximum atomic E-state index is 11.8. The molecule has 1 rings (SSSR count). The lowest BCUT2D eigenvalue weighted by Gasteiger charge is -2.35. The van der Waals surface area contributed by atoms with Crippen LogP contribution in [-0.2, 0) is 19.1 Å². The molecule has 0 radical (unpaired) electrons. The second kappa shape index (κ2) is 6.73. The van der Waals surface area contributed by atoms with E-state index in [0.29, 0.717) is 5.92 Å². The first-order valence-electron chi connectivity index (χ1n) is 6.36. The van der Waals surface area contributed by atoms with Gasteiger partial charge in [0.15, 0.2) is 6.10 Å². The number of carbonyl (C=O) groups is 2. The molecule has 0 amide bonds. The summed E-state index contributed by atoms with van der Waals surface area (Å²) < 4.78 is 9.24. The molecule has 1 aliphatic rings. The Labute approximate surface area is 107 Å². The molecule has 0 heterocycles. The Bertz CT molecular complexity index is 302. The molecule has 5 heteroatoms. The largest absolute Gasteiger partial charge is 0.469 e. The van der Waals surface area contributed by atoms with Gasteiger partial charge < -0.3 is 14.6 Å². The van der Waals surface area contributed by atoms with Crippen molar-refractivity contribution in [3.05, 3.63) is 0 Å². The molecule has 0 aromatic heterocycles. The monoisotopic (exact) mass is 258 g/mol. The maximum absolute atomic E-state index is 11.8. The van der Waals surface area contributed by atoms with Crippen LogP contribution in [0.4, 0.5) is 0 Å². The van der Waals surface area contributed by atoms with Gasteiger partial charge in [0, 0.05) is 0 Å². The molecule has 0 aromatic carbocycles. The van der Waals surface area contributed by atoms with Crippen LogP contribution in [0.3, 0.4) is 0 Å². The van der Waals surface area contributed by atoms with Crippen LogP contribution in [0.1, 0.15) is 32.6 Å². The Hall–Kier alpha value is -1.10. The molecule has 5 nitrogen and oxygen atoms in total. The van der Waals surface area contributed by atoms with Gasteiger partial charge in [-0.3, -0.25) is 4.79 Å². The third-order valence-corrected chi connectivity index (χ3v) is 3.90. The van der Waals surface area contributed by atoms with E-state index in [-0.39, 0.29) is 5.92 Å². The van der Waals surface area contributed by atoms with Gasteiger partial charge in [-0.15, -0.1) is 0 Å². The molecular formula is C13H22O5. The predicted molar refractivity (Wildman–Crippen MR) is 64.7 cm³/mol. The predicted octanol–water partition coefficient (Wildman–Crippen LogP) is 1.14. The van der Waals surface area contributed by atoms with Crippen molar-refractivity contribution in [2.24, 2.45) is 17.8 Å². The summed E-state index contributed by atoms with van der Waals surface area (Å²) in [5.74, 6) is -1.87. The summed E-state index contributed by atoms with van der Waals surface area (Å²) in [6.45, 7) is 2.05. The molecule has 1 N–H and O–H groups in total. The fraction of sp³-hybridized carbons (Fsp3) is 0.846. The molecule has 1 aliphatic carbocycles. The molecule has 18 heavy (non-hydrogen) atoms. The van der Waals surface area contributed by atoms with Crippen LogP contribution >= 0.6 is 0 Å². The lowest BCUT2D eigenvalue weighted by molar-refractivity contribution is -0.167. The second-order valence-electron chi connectivity index (χ2n) is 4.94. The van der Waals surface area contributed by atoms with Gasteiger partial charge in [-0.25, -0.2) is 4.79 Å². The van der Waals surface area contributed by atoms with Crippen molar-refractivity contribution in [1.29, 1.82) is 0 Å². The fourth-order valence-electron chi connectivity index (χ4n) is 2.82. The summed E-state index contributed by atoms with van der Waals surface area (Å²) >= 11 is 0. The highest BCUT2D eigenvalue weighted by molar-refractivity contribution is 5.83. The number of methoxy groups -OCH3 is 2. The number of esters is 2. The lowest BCUT2D eigenvalue weighted by atomic mass is 9.71. The van der Waals surface area contributed by atoms with E-state index in [0.717, 1.165) is 25.7 Å². The molecule has 1 saturated carbocycles. The zero-order valence-electron chi connectivity index (χ0n) is 11.2. The number of aliphatic hydroxyl groups excluding tert-OH is 1. The summed E-state index contributed by atoms with van der Waals surface area (Å²) in [4.78, 5) is 23.3. The molecule has 0 saturated heterocycles. The number of aliphatic hydroxyl groups is 1. The maximum Gasteiger partial charge on any atom is 0.335 e. The van der Waals surface area contributed by atoms with Crippen molar-refractivity contribution in [1.82, 2.24) is 0 Å². The van der Waals surface area contributed by atoms with Gasteiger partial charge in [0.05, 0.1) is 20.1 Å². The Balaban J connectivity index is 2.89. The molecule has 104 valence electrons. The van der Waals surface area contributed by atoms with Crippen molar-refractivity contribution in [3.63, 3.8) is 0 Å². The van der Waals surface area contributed by atoms with Crippen LogP contribution < -0.4 is 0 Å². The lowest BCUT2D eigenvalue weighted by Crippen LogP contribution is -2.43. The van der Waals surface area contributed by atoms with Crippen LogP contribution in [0.5, 0.6) is 0 Å². The molecular weight excluding hydrogens is 236 g/mol. The van der Waals surface area contributed by atoms with E-state index in [1.54, 1.807) is 0 Å². The summed E-state index contributed by atoms with van der Waals surface area (Å²) in [5.41, 5.74) is 0. The van der Waals surface area contributed by atoms with E-state index in [1.807, 2.05) is 6.92 Å². The van der Waals surface area contributed by atoms with Crippen molar-refractivity contribution < 1.29 is 24.2 Å². The number of ether oxygens (including phenoxy) is 2. The van der Waals surface area contributed by atoms with Gasteiger partial charge in [-0.05, 0) is 18.3 Å². The first-order chi connectivity index (χ1) is 8.52. The molecule has 0 spiro atoms. The smallest absolute Gasteiger partial charge is 0.335 e. The van der Waals surface area contributed by atoms with Crippen molar-refractivity contribution >= 4 is 11.9 Å². The number of hydrogen-bond donors (Lipinski definition) is 1. The van der Waals surface area contributed by atoms with Gasteiger partial charge in [-0.2, -0.15) is 0 Å². The topological polar surface area (TPSA) is 72.8 Å². The van der Waals surface area contributed by atoms with Gasteiger partial charge in [-0.1, -0.05) is 26.2 Å². The normalized spacial score (nSPS) is 27.1. The first-order valence-corrected chi connectivity index (χ1v) is 6.36.